The van der Waals surface area contributed by atoms with E-state index in [1.807, 2.05) is 18.2 Å². The third kappa shape index (κ3) is 2.23. The van der Waals surface area contributed by atoms with Gasteiger partial charge in [-0.1, -0.05) is 30.7 Å². The molecule has 0 spiro atoms. The first-order valence-electron chi connectivity index (χ1n) is 4.23. The molecule has 0 saturated carbocycles. The molecule has 2 N–H and O–H groups in total. The fraction of sp³-hybridized carbons (Fsp3) is 0.400. The Labute approximate surface area is 78.5 Å². The molecule has 0 aliphatic heterocycles. The summed E-state index contributed by atoms with van der Waals surface area (Å²) in [5.41, 5.74) is 6.87. The van der Waals surface area contributed by atoms with Gasteiger partial charge in [0, 0.05) is 5.02 Å². The zero-order chi connectivity index (χ0) is 8.97. The third-order valence-electron chi connectivity index (χ3n) is 2.10. The molecular weight excluding hydrogens is 170 g/mol. The fourth-order valence-corrected chi connectivity index (χ4v) is 1.50. The molecule has 0 saturated heterocycles. The summed E-state index contributed by atoms with van der Waals surface area (Å²) in [6, 6.07) is 7.92. The summed E-state index contributed by atoms with van der Waals surface area (Å²) in [7, 11) is 0. The van der Waals surface area contributed by atoms with E-state index in [0.29, 0.717) is 12.5 Å². The second kappa shape index (κ2) is 4.48. The van der Waals surface area contributed by atoms with Crippen molar-refractivity contribution in [3.8, 4) is 0 Å². The first kappa shape index (κ1) is 9.56. The highest BCUT2D eigenvalue weighted by molar-refractivity contribution is 6.30. The molecule has 0 amide bonds. The van der Waals surface area contributed by atoms with Crippen LogP contribution in [0.2, 0.25) is 5.02 Å². The standard InChI is InChI=1S/C10H14ClN/c1-2-8(7-12)9-4-3-5-10(11)6-9/h3-6,8H,2,7,12H2,1H3. The molecule has 0 aromatic heterocycles. The smallest absolute Gasteiger partial charge is 0.0408 e. The Balaban J connectivity index is 2.85. The van der Waals surface area contributed by atoms with Gasteiger partial charge in [0.2, 0.25) is 0 Å². The molecule has 0 aliphatic carbocycles. The summed E-state index contributed by atoms with van der Waals surface area (Å²) >= 11 is 5.86. The minimum Gasteiger partial charge on any atom is -0.330 e. The quantitative estimate of drug-likeness (QED) is 0.767. The zero-order valence-corrected chi connectivity index (χ0v) is 8.01. The highest BCUT2D eigenvalue weighted by Crippen LogP contribution is 2.20. The second-order valence-electron chi connectivity index (χ2n) is 2.90. The van der Waals surface area contributed by atoms with Crippen molar-refractivity contribution in [1.82, 2.24) is 0 Å². The predicted octanol–water partition coefficient (Wildman–Crippen LogP) is 2.79. The Morgan fingerprint density at radius 3 is 2.75 bits per heavy atom. The Kier molecular flexibility index (Phi) is 3.57. The Morgan fingerprint density at radius 2 is 2.25 bits per heavy atom. The van der Waals surface area contributed by atoms with E-state index in [4.69, 9.17) is 17.3 Å². The molecule has 0 heterocycles. The Hall–Kier alpha value is -0.530. The molecule has 1 aromatic rings. The van der Waals surface area contributed by atoms with E-state index in [0.717, 1.165) is 11.4 Å². The lowest BCUT2D eigenvalue weighted by atomic mass is 9.97. The van der Waals surface area contributed by atoms with Crippen LogP contribution in [0.3, 0.4) is 0 Å². The van der Waals surface area contributed by atoms with E-state index in [9.17, 15) is 0 Å². The van der Waals surface area contributed by atoms with E-state index in [1.54, 1.807) is 0 Å². The van der Waals surface area contributed by atoms with Crippen LogP contribution in [0.4, 0.5) is 0 Å². The Morgan fingerprint density at radius 1 is 1.50 bits per heavy atom. The van der Waals surface area contributed by atoms with Crippen molar-refractivity contribution in [3.05, 3.63) is 34.9 Å². The lowest BCUT2D eigenvalue weighted by Gasteiger charge is -2.12. The summed E-state index contributed by atoms with van der Waals surface area (Å²) in [5.74, 6) is 0.448. The number of hydrogen-bond acceptors (Lipinski definition) is 1. The molecule has 0 radical (unpaired) electrons. The van der Waals surface area contributed by atoms with Crippen LogP contribution in [0.15, 0.2) is 24.3 Å². The molecule has 1 atom stereocenters. The molecule has 1 nitrogen and oxygen atoms in total. The molecular formula is C10H14ClN. The average molecular weight is 184 g/mol. The minimum absolute atomic E-state index is 0.448. The molecule has 1 rings (SSSR count). The number of halogens is 1. The van der Waals surface area contributed by atoms with Gasteiger partial charge < -0.3 is 5.73 Å². The van der Waals surface area contributed by atoms with Gasteiger partial charge in [0.05, 0.1) is 0 Å². The van der Waals surface area contributed by atoms with Crippen molar-refractivity contribution in [1.29, 1.82) is 0 Å². The van der Waals surface area contributed by atoms with E-state index < -0.39 is 0 Å². The first-order valence-corrected chi connectivity index (χ1v) is 4.61. The van der Waals surface area contributed by atoms with Crippen molar-refractivity contribution in [2.75, 3.05) is 6.54 Å². The van der Waals surface area contributed by atoms with Crippen molar-refractivity contribution >= 4 is 11.6 Å². The molecule has 2 heteroatoms. The zero-order valence-electron chi connectivity index (χ0n) is 7.26. The van der Waals surface area contributed by atoms with Gasteiger partial charge in [0.1, 0.15) is 0 Å². The fourth-order valence-electron chi connectivity index (χ4n) is 1.30. The average Bonchev–Trinajstić information content (AvgIpc) is 2.07. The van der Waals surface area contributed by atoms with Crippen molar-refractivity contribution < 1.29 is 0 Å². The maximum absolute atomic E-state index is 5.86. The molecule has 12 heavy (non-hydrogen) atoms. The van der Waals surface area contributed by atoms with Crippen molar-refractivity contribution in [3.63, 3.8) is 0 Å². The van der Waals surface area contributed by atoms with Crippen LogP contribution in [0.1, 0.15) is 24.8 Å². The summed E-state index contributed by atoms with van der Waals surface area (Å²) in [4.78, 5) is 0. The van der Waals surface area contributed by atoms with E-state index in [-0.39, 0.29) is 0 Å². The lowest BCUT2D eigenvalue weighted by molar-refractivity contribution is 0.674. The maximum Gasteiger partial charge on any atom is 0.0408 e. The van der Waals surface area contributed by atoms with E-state index >= 15 is 0 Å². The van der Waals surface area contributed by atoms with Crippen molar-refractivity contribution in [2.45, 2.75) is 19.3 Å². The van der Waals surface area contributed by atoms with Crippen molar-refractivity contribution in [2.24, 2.45) is 5.73 Å². The summed E-state index contributed by atoms with van der Waals surface area (Å²) in [6.45, 7) is 2.83. The summed E-state index contributed by atoms with van der Waals surface area (Å²) in [6.07, 6.45) is 1.07. The van der Waals surface area contributed by atoms with Crippen LogP contribution >= 0.6 is 11.6 Å². The SMILES string of the molecule is CCC(CN)c1cccc(Cl)c1. The molecule has 66 valence electrons. The first-order chi connectivity index (χ1) is 5.77. The Bertz CT molecular complexity index is 243. The van der Waals surface area contributed by atoms with E-state index in [1.165, 1.54) is 5.56 Å². The van der Waals surface area contributed by atoms with Gasteiger partial charge in [0.25, 0.3) is 0 Å². The number of hydrogen-bond donors (Lipinski definition) is 1. The van der Waals surface area contributed by atoms with Crippen LogP contribution in [-0.2, 0) is 0 Å². The maximum atomic E-state index is 5.86. The lowest BCUT2D eigenvalue weighted by Crippen LogP contribution is -2.11. The topological polar surface area (TPSA) is 26.0 Å². The summed E-state index contributed by atoms with van der Waals surface area (Å²) < 4.78 is 0. The van der Waals surface area contributed by atoms with Gasteiger partial charge in [-0.15, -0.1) is 0 Å². The number of nitrogens with two attached hydrogens (primary N) is 1. The van der Waals surface area contributed by atoms with Gasteiger partial charge >= 0.3 is 0 Å². The predicted molar refractivity (Wildman–Crippen MR) is 53.5 cm³/mol. The van der Waals surface area contributed by atoms with Gasteiger partial charge in [0.15, 0.2) is 0 Å². The molecule has 1 aromatic carbocycles. The van der Waals surface area contributed by atoms with Gasteiger partial charge in [-0.25, -0.2) is 0 Å². The van der Waals surface area contributed by atoms with Crippen LogP contribution < -0.4 is 5.73 Å². The normalized spacial score (nSPS) is 12.9. The summed E-state index contributed by atoms with van der Waals surface area (Å²) in [5, 5.41) is 0.791. The van der Waals surface area contributed by atoms with Gasteiger partial charge in [-0.3, -0.25) is 0 Å². The number of rotatable bonds is 3. The minimum atomic E-state index is 0.448. The highest BCUT2D eigenvalue weighted by Gasteiger charge is 2.06. The molecule has 0 aliphatic rings. The monoisotopic (exact) mass is 183 g/mol. The third-order valence-corrected chi connectivity index (χ3v) is 2.33. The van der Waals surface area contributed by atoms with Crippen LogP contribution in [0.25, 0.3) is 0 Å². The van der Waals surface area contributed by atoms with Gasteiger partial charge in [-0.2, -0.15) is 0 Å². The molecule has 1 unspecified atom stereocenters. The molecule has 0 bridgehead atoms. The molecule has 0 fully saturated rings. The van der Waals surface area contributed by atoms with E-state index in [2.05, 4.69) is 13.0 Å². The van der Waals surface area contributed by atoms with Crippen LogP contribution in [0.5, 0.6) is 0 Å². The van der Waals surface area contributed by atoms with Gasteiger partial charge in [-0.05, 0) is 36.6 Å². The second-order valence-corrected chi connectivity index (χ2v) is 3.33. The highest BCUT2D eigenvalue weighted by atomic mass is 35.5. The van der Waals surface area contributed by atoms with Crippen LogP contribution in [-0.4, -0.2) is 6.54 Å². The number of benzene rings is 1. The largest absolute Gasteiger partial charge is 0.330 e. The van der Waals surface area contributed by atoms with Crippen LogP contribution in [0, 0.1) is 0 Å².